The summed E-state index contributed by atoms with van der Waals surface area (Å²) in [6.07, 6.45) is 3.84. The summed E-state index contributed by atoms with van der Waals surface area (Å²) in [5.74, 6) is 0.379. The van der Waals surface area contributed by atoms with Crippen LogP contribution in [-0.4, -0.2) is 37.9 Å². The van der Waals surface area contributed by atoms with Crippen molar-refractivity contribution < 1.29 is 22.7 Å². The van der Waals surface area contributed by atoms with Gasteiger partial charge in [-0.1, -0.05) is 24.3 Å². The first kappa shape index (κ1) is 23.0. The normalized spacial score (nSPS) is 15.6. The summed E-state index contributed by atoms with van der Waals surface area (Å²) in [6.45, 7) is 2.08. The minimum absolute atomic E-state index is 0.0222. The van der Waals surface area contributed by atoms with Gasteiger partial charge in [0.2, 0.25) is 10.0 Å². The van der Waals surface area contributed by atoms with Gasteiger partial charge in [-0.25, -0.2) is 13.1 Å². The molecule has 0 saturated carbocycles. The Morgan fingerprint density at radius 3 is 2.70 bits per heavy atom. The molecular formula is C24H27N3O5S. The van der Waals surface area contributed by atoms with Gasteiger partial charge in [-0.2, -0.15) is 5.10 Å². The first-order chi connectivity index (χ1) is 15.9. The average Bonchev–Trinajstić information content (AvgIpc) is 3.23. The number of fused-ring (bicyclic) bond motifs is 1. The van der Waals surface area contributed by atoms with Gasteiger partial charge in [0.1, 0.15) is 12.3 Å². The molecule has 1 aliphatic carbocycles. The zero-order valence-electron chi connectivity index (χ0n) is 18.7. The molecule has 1 aliphatic rings. The van der Waals surface area contributed by atoms with E-state index in [-0.39, 0.29) is 17.4 Å². The standard InChI is InChI=1S/C24H27N3O5S/c1-3-32-24(28)16-27-23-9-5-8-22(21(23)15-25-27)26-33(29,30)20-12-10-17(11-13-20)18-6-4-7-19(14-18)31-2/h4,6-7,10-15,22,26H,3,5,8-9,16H2,1-2H3. The number of ether oxygens (including phenoxy) is 2. The van der Waals surface area contributed by atoms with E-state index in [1.54, 1.807) is 49.2 Å². The van der Waals surface area contributed by atoms with Crippen LogP contribution in [0, 0.1) is 0 Å². The van der Waals surface area contributed by atoms with Crippen LogP contribution in [0.3, 0.4) is 0 Å². The van der Waals surface area contributed by atoms with Gasteiger partial charge in [0.25, 0.3) is 0 Å². The predicted molar refractivity (Wildman–Crippen MR) is 123 cm³/mol. The fourth-order valence-corrected chi connectivity index (χ4v) is 5.34. The van der Waals surface area contributed by atoms with Crippen LogP contribution in [0.2, 0.25) is 0 Å². The summed E-state index contributed by atoms with van der Waals surface area (Å²) in [7, 11) is -2.13. The Balaban J connectivity index is 1.52. The lowest BCUT2D eigenvalue weighted by Gasteiger charge is -2.24. The minimum atomic E-state index is -3.74. The molecule has 0 saturated heterocycles. The Morgan fingerprint density at radius 1 is 1.18 bits per heavy atom. The molecule has 4 rings (SSSR count). The largest absolute Gasteiger partial charge is 0.497 e. The summed E-state index contributed by atoms with van der Waals surface area (Å²) < 4.78 is 40.9. The lowest BCUT2D eigenvalue weighted by molar-refractivity contribution is -0.144. The number of carbonyl (C=O) groups excluding carboxylic acids is 1. The van der Waals surface area contributed by atoms with Crippen LogP contribution < -0.4 is 9.46 Å². The number of carbonyl (C=O) groups is 1. The molecule has 1 atom stereocenters. The van der Waals surface area contributed by atoms with E-state index in [0.717, 1.165) is 41.0 Å². The van der Waals surface area contributed by atoms with E-state index in [4.69, 9.17) is 9.47 Å². The molecule has 0 aliphatic heterocycles. The van der Waals surface area contributed by atoms with E-state index in [0.29, 0.717) is 13.0 Å². The van der Waals surface area contributed by atoms with Crippen molar-refractivity contribution in [2.45, 2.75) is 43.7 Å². The molecular weight excluding hydrogens is 442 g/mol. The second-order valence-corrected chi connectivity index (χ2v) is 9.55. The zero-order valence-corrected chi connectivity index (χ0v) is 19.5. The van der Waals surface area contributed by atoms with Crippen LogP contribution in [0.4, 0.5) is 0 Å². The number of nitrogens with zero attached hydrogens (tertiary/aromatic N) is 2. The van der Waals surface area contributed by atoms with Crippen LogP contribution in [-0.2, 0) is 32.5 Å². The zero-order chi connectivity index (χ0) is 23.4. The van der Waals surface area contributed by atoms with Crippen LogP contribution in [0.5, 0.6) is 5.75 Å². The Bertz CT molecular complexity index is 1240. The second kappa shape index (κ2) is 9.76. The summed E-state index contributed by atoms with van der Waals surface area (Å²) >= 11 is 0. The van der Waals surface area contributed by atoms with Crippen LogP contribution >= 0.6 is 0 Å². The van der Waals surface area contributed by atoms with Gasteiger partial charge in [0.05, 0.1) is 30.9 Å². The molecule has 1 unspecified atom stereocenters. The average molecular weight is 470 g/mol. The Hall–Kier alpha value is -3.17. The monoisotopic (exact) mass is 469 g/mol. The number of benzene rings is 2. The van der Waals surface area contributed by atoms with E-state index >= 15 is 0 Å². The third kappa shape index (κ3) is 5.09. The van der Waals surface area contributed by atoms with Gasteiger partial charge in [-0.15, -0.1) is 0 Å². The van der Waals surface area contributed by atoms with E-state index in [1.165, 1.54) is 0 Å². The van der Waals surface area contributed by atoms with Gasteiger partial charge in [-0.3, -0.25) is 9.48 Å². The van der Waals surface area contributed by atoms with E-state index < -0.39 is 16.1 Å². The molecule has 3 aromatic rings. The third-order valence-electron chi connectivity index (χ3n) is 5.71. The van der Waals surface area contributed by atoms with Gasteiger partial charge < -0.3 is 9.47 Å². The molecule has 0 amide bonds. The molecule has 0 radical (unpaired) electrons. The SMILES string of the molecule is CCOC(=O)Cn1ncc2c1CCCC2NS(=O)(=O)c1ccc(-c2cccc(OC)c2)cc1. The number of sulfonamides is 1. The van der Waals surface area contributed by atoms with Crippen molar-refractivity contribution in [1.29, 1.82) is 0 Å². The number of esters is 1. The second-order valence-electron chi connectivity index (χ2n) is 7.83. The van der Waals surface area contributed by atoms with Crippen molar-refractivity contribution in [2.24, 2.45) is 0 Å². The molecule has 1 N–H and O–H groups in total. The number of methoxy groups -OCH3 is 1. The number of hydrogen-bond acceptors (Lipinski definition) is 6. The highest BCUT2D eigenvalue weighted by molar-refractivity contribution is 7.89. The van der Waals surface area contributed by atoms with E-state index in [1.807, 2.05) is 24.3 Å². The number of nitrogens with one attached hydrogen (secondary N) is 1. The van der Waals surface area contributed by atoms with Crippen molar-refractivity contribution in [3.05, 3.63) is 66.0 Å². The fraction of sp³-hybridized carbons (Fsp3) is 0.333. The highest BCUT2D eigenvalue weighted by atomic mass is 32.2. The molecule has 0 fully saturated rings. The first-order valence-corrected chi connectivity index (χ1v) is 12.4. The molecule has 33 heavy (non-hydrogen) atoms. The molecule has 2 aromatic carbocycles. The highest BCUT2D eigenvalue weighted by Crippen LogP contribution is 2.31. The Labute approximate surface area is 193 Å². The highest BCUT2D eigenvalue weighted by Gasteiger charge is 2.29. The summed E-state index contributed by atoms with van der Waals surface area (Å²) in [6, 6.07) is 14.0. The van der Waals surface area contributed by atoms with E-state index in [9.17, 15) is 13.2 Å². The van der Waals surface area contributed by atoms with E-state index in [2.05, 4.69) is 9.82 Å². The molecule has 1 aromatic heterocycles. The summed E-state index contributed by atoms with van der Waals surface area (Å²) in [5.41, 5.74) is 3.52. The van der Waals surface area contributed by atoms with Gasteiger partial charge in [-0.05, 0) is 61.6 Å². The lowest BCUT2D eigenvalue weighted by atomic mass is 9.94. The molecule has 0 bridgehead atoms. The van der Waals surface area contributed by atoms with Gasteiger partial charge in [0, 0.05) is 11.3 Å². The number of rotatable bonds is 8. The third-order valence-corrected chi connectivity index (χ3v) is 7.20. The van der Waals surface area contributed by atoms with Crippen molar-refractivity contribution in [3.8, 4) is 16.9 Å². The Kier molecular flexibility index (Phi) is 6.80. The van der Waals surface area contributed by atoms with Crippen molar-refractivity contribution in [3.63, 3.8) is 0 Å². The molecule has 0 spiro atoms. The predicted octanol–water partition coefficient (Wildman–Crippen LogP) is 3.48. The molecule has 9 heteroatoms. The van der Waals surface area contributed by atoms with Crippen molar-refractivity contribution in [2.75, 3.05) is 13.7 Å². The number of hydrogen-bond donors (Lipinski definition) is 1. The molecule has 8 nitrogen and oxygen atoms in total. The lowest BCUT2D eigenvalue weighted by Crippen LogP contribution is -2.31. The summed E-state index contributed by atoms with van der Waals surface area (Å²) in [5, 5.41) is 4.30. The maximum absolute atomic E-state index is 13.1. The quantitative estimate of drug-likeness (QED) is 0.507. The van der Waals surface area contributed by atoms with Gasteiger partial charge >= 0.3 is 5.97 Å². The van der Waals surface area contributed by atoms with Crippen LogP contribution in [0.15, 0.2) is 59.6 Å². The van der Waals surface area contributed by atoms with Gasteiger partial charge in [0.15, 0.2) is 0 Å². The maximum atomic E-state index is 13.1. The molecule has 1 heterocycles. The van der Waals surface area contributed by atoms with Crippen LogP contribution in [0.25, 0.3) is 11.1 Å². The van der Waals surface area contributed by atoms with Crippen LogP contribution in [0.1, 0.15) is 37.1 Å². The Morgan fingerprint density at radius 2 is 1.97 bits per heavy atom. The number of aromatic nitrogens is 2. The fourth-order valence-electron chi connectivity index (χ4n) is 4.09. The maximum Gasteiger partial charge on any atom is 0.327 e. The van der Waals surface area contributed by atoms with Crippen molar-refractivity contribution >= 4 is 16.0 Å². The molecule has 174 valence electrons. The van der Waals surface area contributed by atoms with Crippen molar-refractivity contribution in [1.82, 2.24) is 14.5 Å². The smallest absolute Gasteiger partial charge is 0.327 e. The minimum Gasteiger partial charge on any atom is -0.497 e. The summed E-state index contributed by atoms with van der Waals surface area (Å²) in [4.78, 5) is 12.1. The topological polar surface area (TPSA) is 99.5 Å². The first-order valence-electron chi connectivity index (χ1n) is 10.9.